The zero-order valence-corrected chi connectivity index (χ0v) is 10.6. The Morgan fingerprint density at radius 3 is 2.88 bits per heavy atom. The number of nitrogens with zero attached hydrogens (tertiary/aromatic N) is 2. The van der Waals surface area contributed by atoms with Gasteiger partial charge >= 0.3 is 0 Å². The molecule has 0 bridgehead atoms. The van der Waals surface area contributed by atoms with Crippen LogP contribution < -0.4 is 5.73 Å². The number of nitrogens with two attached hydrogens (primary N) is 1. The van der Waals surface area contributed by atoms with Crippen molar-refractivity contribution in [2.24, 2.45) is 5.92 Å². The van der Waals surface area contributed by atoms with Crippen molar-refractivity contribution in [1.82, 2.24) is 9.55 Å². The monoisotopic (exact) mass is 249 g/mol. The summed E-state index contributed by atoms with van der Waals surface area (Å²) in [7, 11) is 0. The van der Waals surface area contributed by atoms with Crippen LogP contribution in [-0.2, 0) is 0 Å². The van der Waals surface area contributed by atoms with E-state index in [1.54, 1.807) is 0 Å². The van der Waals surface area contributed by atoms with Crippen molar-refractivity contribution in [2.45, 2.75) is 32.2 Å². The number of benzene rings is 1. The zero-order chi connectivity index (χ0) is 12.0. The van der Waals surface area contributed by atoms with Crippen molar-refractivity contribution in [3.05, 3.63) is 23.2 Å². The summed E-state index contributed by atoms with van der Waals surface area (Å²) in [5, 5.41) is 0.734. The molecule has 17 heavy (non-hydrogen) atoms. The van der Waals surface area contributed by atoms with Gasteiger partial charge in [-0.1, -0.05) is 24.1 Å². The number of nitrogen functional groups attached to an aromatic ring is 1. The number of para-hydroxylation sites is 1. The van der Waals surface area contributed by atoms with Gasteiger partial charge in [-0.3, -0.25) is 0 Å². The van der Waals surface area contributed by atoms with Crippen molar-refractivity contribution < 1.29 is 0 Å². The van der Waals surface area contributed by atoms with E-state index in [4.69, 9.17) is 17.3 Å². The summed E-state index contributed by atoms with van der Waals surface area (Å²) in [6.45, 7) is 2.21. The molecule has 0 amide bonds. The molecule has 0 saturated heterocycles. The van der Waals surface area contributed by atoms with Gasteiger partial charge in [-0.15, -0.1) is 0 Å². The SMILES string of the molecule is CC(C1CCC1)n1c(N)nc2cccc(Cl)c21. The van der Waals surface area contributed by atoms with E-state index in [1.807, 2.05) is 18.2 Å². The Labute approximate surface area is 106 Å². The highest BCUT2D eigenvalue weighted by molar-refractivity contribution is 6.35. The molecular weight excluding hydrogens is 234 g/mol. The second kappa shape index (κ2) is 3.91. The molecule has 1 aliphatic carbocycles. The van der Waals surface area contributed by atoms with Crippen molar-refractivity contribution in [3.63, 3.8) is 0 Å². The molecule has 1 aromatic heterocycles. The Balaban J connectivity index is 2.16. The van der Waals surface area contributed by atoms with E-state index in [2.05, 4.69) is 16.5 Å². The highest BCUT2D eigenvalue weighted by Crippen LogP contribution is 2.39. The lowest BCUT2D eigenvalue weighted by Gasteiger charge is -2.33. The van der Waals surface area contributed by atoms with Crippen molar-refractivity contribution >= 4 is 28.6 Å². The number of aromatic nitrogens is 2. The minimum Gasteiger partial charge on any atom is -0.369 e. The molecule has 90 valence electrons. The normalized spacial score (nSPS) is 18.2. The van der Waals surface area contributed by atoms with Gasteiger partial charge in [0, 0.05) is 6.04 Å². The lowest BCUT2D eigenvalue weighted by Crippen LogP contribution is -2.23. The predicted octanol–water partition coefficient (Wildman–Crippen LogP) is 3.63. The number of halogens is 1. The Morgan fingerprint density at radius 1 is 1.47 bits per heavy atom. The van der Waals surface area contributed by atoms with E-state index in [0.717, 1.165) is 16.1 Å². The molecule has 1 aromatic carbocycles. The van der Waals surface area contributed by atoms with Gasteiger partial charge in [0.25, 0.3) is 0 Å². The van der Waals surface area contributed by atoms with Crippen LogP contribution in [0.4, 0.5) is 5.95 Å². The lowest BCUT2D eigenvalue weighted by atomic mass is 9.80. The van der Waals surface area contributed by atoms with Crippen LogP contribution in [0.5, 0.6) is 0 Å². The van der Waals surface area contributed by atoms with E-state index in [0.29, 0.717) is 17.9 Å². The van der Waals surface area contributed by atoms with Crippen LogP contribution in [0.15, 0.2) is 18.2 Å². The highest BCUT2D eigenvalue weighted by Gasteiger charge is 2.28. The predicted molar refractivity (Wildman–Crippen MR) is 71.2 cm³/mol. The molecule has 0 radical (unpaired) electrons. The van der Waals surface area contributed by atoms with Gasteiger partial charge in [-0.2, -0.15) is 0 Å². The number of fused-ring (bicyclic) bond motifs is 1. The summed E-state index contributed by atoms with van der Waals surface area (Å²) in [5.74, 6) is 1.29. The van der Waals surface area contributed by atoms with Crippen LogP contribution in [0.2, 0.25) is 5.02 Å². The summed E-state index contributed by atoms with van der Waals surface area (Å²) in [5.41, 5.74) is 7.90. The molecule has 2 aromatic rings. The Morgan fingerprint density at radius 2 is 2.24 bits per heavy atom. The third kappa shape index (κ3) is 1.61. The smallest absolute Gasteiger partial charge is 0.201 e. The van der Waals surface area contributed by atoms with Crippen LogP contribution in [0.3, 0.4) is 0 Å². The minimum absolute atomic E-state index is 0.383. The van der Waals surface area contributed by atoms with Crippen molar-refractivity contribution in [2.75, 3.05) is 5.73 Å². The molecule has 1 saturated carbocycles. The highest BCUT2D eigenvalue weighted by atomic mass is 35.5. The molecule has 3 nitrogen and oxygen atoms in total. The third-order valence-electron chi connectivity index (χ3n) is 3.93. The molecule has 4 heteroatoms. The number of anilines is 1. The van der Waals surface area contributed by atoms with E-state index in [9.17, 15) is 0 Å². The Hall–Kier alpha value is -1.22. The van der Waals surface area contributed by atoms with E-state index < -0.39 is 0 Å². The molecule has 0 spiro atoms. The lowest BCUT2D eigenvalue weighted by molar-refractivity contribution is 0.227. The molecule has 0 aliphatic heterocycles. The third-order valence-corrected chi connectivity index (χ3v) is 4.23. The van der Waals surface area contributed by atoms with E-state index >= 15 is 0 Å². The van der Waals surface area contributed by atoms with Crippen LogP contribution in [0.25, 0.3) is 11.0 Å². The maximum atomic E-state index is 6.27. The van der Waals surface area contributed by atoms with Gasteiger partial charge in [0.2, 0.25) is 5.95 Å². The van der Waals surface area contributed by atoms with Crippen LogP contribution >= 0.6 is 11.6 Å². The topological polar surface area (TPSA) is 43.8 Å². The first-order chi connectivity index (χ1) is 8.18. The largest absolute Gasteiger partial charge is 0.369 e. The van der Waals surface area contributed by atoms with Gasteiger partial charge in [-0.05, 0) is 37.8 Å². The van der Waals surface area contributed by atoms with Crippen LogP contribution in [-0.4, -0.2) is 9.55 Å². The first-order valence-corrected chi connectivity index (χ1v) is 6.48. The van der Waals surface area contributed by atoms with Gasteiger partial charge in [0.15, 0.2) is 0 Å². The standard InChI is InChI=1S/C13H16ClN3/c1-8(9-4-2-5-9)17-12-10(14)6-3-7-11(12)16-13(17)15/h3,6-9H,2,4-5H2,1H3,(H2,15,16). The van der Waals surface area contributed by atoms with Crippen LogP contribution in [0.1, 0.15) is 32.2 Å². The molecule has 1 atom stereocenters. The molecule has 1 fully saturated rings. The molecule has 2 N–H and O–H groups in total. The summed E-state index contributed by atoms with van der Waals surface area (Å²) in [4.78, 5) is 4.39. The zero-order valence-electron chi connectivity index (χ0n) is 9.86. The van der Waals surface area contributed by atoms with Gasteiger partial charge < -0.3 is 10.3 Å². The van der Waals surface area contributed by atoms with Gasteiger partial charge in [0.1, 0.15) is 0 Å². The number of imidazole rings is 1. The summed E-state index contributed by atoms with van der Waals surface area (Å²) in [6.07, 6.45) is 3.89. The summed E-state index contributed by atoms with van der Waals surface area (Å²) in [6, 6.07) is 6.15. The minimum atomic E-state index is 0.383. The maximum Gasteiger partial charge on any atom is 0.201 e. The second-order valence-corrected chi connectivity index (χ2v) is 5.29. The second-order valence-electron chi connectivity index (χ2n) is 4.88. The first-order valence-electron chi connectivity index (χ1n) is 6.10. The van der Waals surface area contributed by atoms with Gasteiger partial charge in [-0.25, -0.2) is 4.98 Å². The average Bonchev–Trinajstić information content (AvgIpc) is 2.53. The first kappa shape index (κ1) is 10.9. The van der Waals surface area contributed by atoms with Crippen molar-refractivity contribution in [3.8, 4) is 0 Å². The summed E-state index contributed by atoms with van der Waals surface area (Å²) >= 11 is 6.27. The molecule has 1 aliphatic rings. The Kier molecular flexibility index (Phi) is 2.51. The molecule has 1 unspecified atom stereocenters. The molecule has 3 rings (SSSR count). The van der Waals surface area contributed by atoms with Crippen molar-refractivity contribution in [1.29, 1.82) is 0 Å². The number of hydrogen-bond donors (Lipinski definition) is 1. The van der Waals surface area contributed by atoms with Crippen LogP contribution in [0, 0.1) is 5.92 Å². The molecule has 1 heterocycles. The average molecular weight is 250 g/mol. The fourth-order valence-corrected chi connectivity index (χ4v) is 2.93. The number of rotatable bonds is 2. The Bertz CT molecular complexity index is 557. The van der Waals surface area contributed by atoms with Gasteiger partial charge in [0.05, 0.1) is 16.1 Å². The van der Waals surface area contributed by atoms with E-state index in [-0.39, 0.29) is 0 Å². The fourth-order valence-electron chi connectivity index (χ4n) is 2.67. The van der Waals surface area contributed by atoms with E-state index in [1.165, 1.54) is 19.3 Å². The number of hydrogen-bond acceptors (Lipinski definition) is 2. The summed E-state index contributed by atoms with van der Waals surface area (Å²) < 4.78 is 2.10. The fraction of sp³-hybridized carbons (Fsp3) is 0.462. The molecular formula is C13H16ClN3. The maximum absolute atomic E-state index is 6.27. The quantitative estimate of drug-likeness (QED) is 0.883.